The first-order valence-corrected chi connectivity index (χ1v) is 4.46. The Kier molecular flexibility index (Phi) is 1.92. The highest BCUT2D eigenvalue weighted by molar-refractivity contribution is 5.64. The van der Waals surface area contributed by atoms with Gasteiger partial charge in [0.25, 0.3) is 0 Å². The Morgan fingerprint density at radius 3 is 2.92 bits per heavy atom. The van der Waals surface area contributed by atoms with Crippen LogP contribution in [0.5, 0.6) is 0 Å². The second-order valence-corrected chi connectivity index (χ2v) is 3.50. The number of rotatable bonds is 0. The Balaban J connectivity index is 2.11. The van der Waals surface area contributed by atoms with Crippen molar-refractivity contribution in [2.75, 3.05) is 0 Å². The average molecular weight is 171 g/mol. The largest absolute Gasteiger partial charge is 0.463 e. The Hall–Kier alpha value is -0.770. The molecule has 4 heteroatoms. The molecule has 0 aromatic rings. The molecule has 1 N–H and O–H groups in total. The van der Waals surface area contributed by atoms with Crippen LogP contribution in [-0.2, 0) is 4.84 Å². The molecule has 0 spiro atoms. The Morgan fingerprint density at radius 2 is 2.17 bits per heavy atom. The van der Waals surface area contributed by atoms with Crippen LogP contribution in [0, 0.1) is 0 Å². The van der Waals surface area contributed by atoms with Crippen molar-refractivity contribution in [2.45, 2.75) is 44.2 Å². The monoisotopic (exact) mass is 171 g/mol. The molecule has 0 aromatic heterocycles. The van der Waals surface area contributed by atoms with Gasteiger partial charge in [-0.25, -0.2) is 4.79 Å². The van der Waals surface area contributed by atoms with Gasteiger partial charge in [0.05, 0.1) is 12.1 Å². The summed E-state index contributed by atoms with van der Waals surface area (Å²) in [6.45, 7) is 0. The van der Waals surface area contributed by atoms with Gasteiger partial charge >= 0.3 is 6.09 Å². The first-order chi connectivity index (χ1) is 5.77. The summed E-state index contributed by atoms with van der Waals surface area (Å²) in [6.07, 6.45) is 4.28. The van der Waals surface area contributed by atoms with Crippen LogP contribution in [-0.4, -0.2) is 28.4 Å². The lowest BCUT2D eigenvalue weighted by Crippen LogP contribution is -2.44. The van der Waals surface area contributed by atoms with Crippen molar-refractivity contribution >= 4 is 6.09 Å². The molecule has 3 aliphatic rings. The smallest absolute Gasteiger partial charge is 0.431 e. The molecule has 1 aliphatic carbocycles. The van der Waals surface area contributed by atoms with E-state index in [1.807, 2.05) is 0 Å². The maximum Gasteiger partial charge on any atom is 0.431 e. The average Bonchev–Trinajstić information content (AvgIpc) is 2.36. The van der Waals surface area contributed by atoms with E-state index in [0.29, 0.717) is 0 Å². The van der Waals surface area contributed by atoms with Gasteiger partial charge in [-0.15, -0.1) is 0 Å². The molecule has 2 bridgehead atoms. The molecule has 2 heterocycles. The summed E-state index contributed by atoms with van der Waals surface area (Å²) in [6, 6.07) is 0.112. The van der Waals surface area contributed by atoms with E-state index in [0.717, 1.165) is 37.2 Å². The first-order valence-electron chi connectivity index (χ1n) is 4.46. The summed E-state index contributed by atoms with van der Waals surface area (Å²) in [4.78, 5) is 16.0. The quantitative estimate of drug-likeness (QED) is 0.602. The van der Waals surface area contributed by atoms with Crippen LogP contribution in [0.15, 0.2) is 0 Å². The number of hydrogen-bond donors (Lipinski definition) is 1. The second kappa shape index (κ2) is 2.94. The minimum Gasteiger partial charge on any atom is -0.463 e. The number of hydrogen-bond acceptors (Lipinski definition) is 2. The minimum atomic E-state index is -0.938. The van der Waals surface area contributed by atoms with Crippen molar-refractivity contribution in [3.05, 3.63) is 0 Å². The van der Waals surface area contributed by atoms with Crippen molar-refractivity contribution in [1.29, 1.82) is 0 Å². The molecular formula is C8H13NO3. The molecule has 0 aromatic carbocycles. The molecule has 68 valence electrons. The summed E-state index contributed by atoms with van der Waals surface area (Å²) in [5.74, 6) is 0. The van der Waals surface area contributed by atoms with Gasteiger partial charge in [0, 0.05) is 0 Å². The van der Waals surface area contributed by atoms with Crippen LogP contribution in [0.4, 0.5) is 4.79 Å². The van der Waals surface area contributed by atoms with Gasteiger partial charge < -0.3 is 5.11 Å². The summed E-state index contributed by atoms with van der Waals surface area (Å²) >= 11 is 0. The van der Waals surface area contributed by atoms with E-state index in [2.05, 4.69) is 0 Å². The van der Waals surface area contributed by atoms with Gasteiger partial charge in [0.1, 0.15) is 0 Å². The lowest BCUT2D eigenvalue weighted by Gasteiger charge is -2.33. The van der Waals surface area contributed by atoms with Crippen molar-refractivity contribution in [1.82, 2.24) is 5.06 Å². The molecule has 2 aliphatic heterocycles. The van der Waals surface area contributed by atoms with Crippen LogP contribution in [0.2, 0.25) is 0 Å². The van der Waals surface area contributed by atoms with E-state index in [4.69, 9.17) is 9.94 Å². The molecule has 2 unspecified atom stereocenters. The zero-order valence-corrected chi connectivity index (χ0v) is 6.90. The van der Waals surface area contributed by atoms with E-state index in [9.17, 15) is 4.79 Å². The molecular weight excluding hydrogens is 158 g/mol. The van der Waals surface area contributed by atoms with Crippen LogP contribution in [0.1, 0.15) is 32.1 Å². The third kappa shape index (κ3) is 1.27. The Labute approximate surface area is 71.1 Å². The lowest BCUT2D eigenvalue weighted by atomic mass is 10.1. The van der Waals surface area contributed by atoms with Crippen molar-refractivity contribution < 1.29 is 14.7 Å². The van der Waals surface area contributed by atoms with Gasteiger partial charge in [0.15, 0.2) is 0 Å². The molecule has 1 saturated carbocycles. The molecule has 4 nitrogen and oxygen atoms in total. The maximum absolute atomic E-state index is 10.7. The normalized spacial score (nSPS) is 34.8. The fourth-order valence-electron chi connectivity index (χ4n) is 2.04. The fraction of sp³-hybridized carbons (Fsp3) is 0.875. The van der Waals surface area contributed by atoms with Crippen molar-refractivity contribution in [2.24, 2.45) is 0 Å². The SMILES string of the molecule is O=C(O)N1OC2CCCC1CC2. The molecule has 3 rings (SSSR count). The topological polar surface area (TPSA) is 49.8 Å². The molecule has 3 fully saturated rings. The van der Waals surface area contributed by atoms with Gasteiger partial charge in [-0.2, -0.15) is 5.06 Å². The molecule has 12 heavy (non-hydrogen) atoms. The summed E-state index contributed by atoms with van der Waals surface area (Å²) in [5.41, 5.74) is 0. The Morgan fingerprint density at radius 1 is 1.33 bits per heavy atom. The minimum absolute atomic E-state index is 0.112. The zero-order chi connectivity index (χ0) is 8.55. The van der Waals surface area contributed by atoms with Crippen LogP contribution >= 0.6 is 0 Å². The molecule has 1 amide bonds. The summed E-state index contributed by atoms with van der Waals surface area (Å²) in [5, 5.41) is 9.94. The van der Waals surface area contributed by atoms with Crippen molar-refractivity contribution in [3.63, 3.8) is 0 Å². The van der Waals surface area contributed by atoms with Crippen molar-refractivity contribution in [3.8, 4) is 0 Å². The van der Waals surface area contributed by atoms with E-state index in [1.54, 1.807) is 0 Å². The second-order valence-electron chi connectivity index (χ2n) is 3.50. The maximum atomic E-state index is 10.7. The zero-order valence-electron chi connectivity index (χ0n) is 6.90. The number of carboxylic acid groups (broad SMARTS) is 1. The van der Waals surface area contributed by atoms with E-state index in [1.165, 1.54) is 0 Å². The highest BCUT2D eigenvalue weighted by atomic mass is 16.7. The number of fused-ring (bicyclic) bond motifs is 4. The molecule has 2 saturated heterocycles. The Bertz CT molecular complexity index is 191. The highest BCUT2D eigenvalue weighted by Crippen LogP contribution is 2.30. The highest BCUT2D eigenvalue weighted by Gasteiger charge is 2.35. The molecule has 0 radical (unpaired) electrons. The number of amides is 1. The number of nitrogens with zero attached hydrogens (tertiary/aromatic N) is 1. The van der Waals surface area contributed by atoms with Crippen LogP contribution in [0.25, 0.3) is 0 Å². The predicted molar refractivity (Wildman–Crippen MR) is 41.6 cm³/mol. The van der Waals surface area contributed by atoms with Crippen LogP contribution in [0.3, 0.4) is 0 Å². The van der Waals surface area contributed by atoms with Gasteiger partial charge in [-0.05, 0) is 32.1 Å². The number of hydroxylamine groups is 2. The summed E-state index contributed by atoms with van der Waals surface area (Å²) in [7, 11) is 0. The third-order valence-electron chi connectivity index (χ3n) is 2.67. The first kappa shape index (κ1) is 7.86. The van der Waals surface area contributed by atoms with E-state index in [-0.39, 0.29) is 12.1 Å². The third-order valence-corrected chi connectivity index (χ3v) is 2.67. The fourth-order valence-corrected chi connectivity index (χ4v) is 2.04. The standard InChI is InChI=1S/C8H13NO3/c10-8(11)9-6-2-1-3-7(12-9)5-4-6/h6-7H,1-5H2,(H,10,11). The molecule has 2 atom stereocenters. The van der Waals surface area contributed by atoms with E-state index < -0.39 is 6.09 Å². The predicted octanol–water partition coefficient (Wildman–Crippen LogP) is 1.61. The number of carbonyl (C=O) groups is 1. The van der Waals surface area contributed by atoms with Crippen LogP contribution < -0.4 is 0 Å². The van der Waals surface area contributed by atoms with Gasteiger partial charge in [-0.1, -0.05) is 0 Å². The van der Waals surface area contributed by atoms with E-state index >= 15 is 0 Å². The summed E-state index contributed by atoms with van der Waals surface area (Å²) < 4.78 is 0. The lowest BCUT2D eigenvalue weighted by molar-refractivity contribution is -0.211. The van der Waals surface area contributed by atoms with Gasteiger partial charge in [-0.3, -0.25) is 4.84 Å². The van der Waals surface area contributed by atoms with Gasteiger partial charge in [0.2, 0.25) is 0 Å².